The molecular weight excluding hydrogens is 542 g/mol. The molecule has 0 aliphatic carbocycles. The second kappa shape index (κ2) is 14.1. The van der Waals surface area contributed by atoms with Gasteiger partial charge in [0, 0.05) is 39.0 Å². The Morgan fingerprint density at radius 1 is 0.930 bits per heavy atom. The van der Waals surface area contributed by atoms with Crippen molar-refractivity contribution in [3.05, 3.63) is 102 Å². The average molecular weight is 582 g/mol. The van der Waals surface area contributed by atoms with E-state index in [1.807, 2.05) is 84.9 Å². The molecule has 1 atom stereocenters. The Morgan fingerprint density at radius 2 is 1.60 bits per heavy atom. The van der Waals surface area contributed by atoms with E-state index in [1.165, 1.54) is 7.11 Å². The number of fused-ring (bicyclic) bond motifs is 1. The Balaban J connectivity index is 1.19. The van der Waals surface area contributed by atoms with E-state index in [-0.39, 0.29) is 24.2 Å². The second-order valence-corrected chi connectivity index (χ2v) is 11.1. The van der Waals surface area contributed by atoms with Crippen LogP contribution in [0.1, 0.15) is 42.1 Å². The first-order chi connectivity index (χ1) is 21.0. The zero-order valence-electron chi connectivity index (χ0n) is 24.6. The summed E-state index contributed by atoms with van der Waals surface area (Å²) in [5.74, 6) is -0.208. The van der Waals surface area contributed by atoms with E-state index >= 15 is 0 Å². The number of esters is 1. The first-order valence-electron chi connectivity index (χ1n) is 14.9. The number of H-pyrrole nitrogens is 1. The molecule has 0 bridgehead atoms. The van der Waals surface area contributed by atoms with Crippen molar-refractivity contribution in [2.45, 2.75) is 43.6 Å². The average Bonchev–Trinajstić information content (AvgIpc) is 3.47. The molecule has 9 heteroatoms. The fourth-order valence-corrected chi connectivity index (χ4v) is 5.76. The summed E-state index contributed by atoms with van der Waals surface area (Å²) in [5, 5.41) is 6.11. The molecule has 0 spiro atoms. The summed E-state index contributed by atoms with van der Waals surface area (Å²) in [6.07, 6.45) is 2.30. The first kappa shape index (κ1) is 30.0. The number of piperidine rings is 1. The van der Waals surface area contributed by atoms with E-state index in [2.05, 4.69) is 25.5 Å². The lowest BCUT2D eigenvalue weighted by Crippen LogP contribution is -2.60. The summed E-state index contributed by atoms with van der Waals surface area (Å²) in [5.41, 5.74) is 2.82. The molecule has 3 aromatic carbocycles. The fraction of sp³-hybridized carbons (Fsp3) is 0.353. The van der Waals surface area contributed by atoms with E-state index in [9.17, 15) is 14.4 Å². The Kier molecular flexibility index (Phi) is 9.84. The number of aromatic nitrogens is 2. The van der Waals surface area contributed by atoms with Crippen LogP contribution < -0.4 is 10.6 Å². The van der Waals surface area contributed by atoms with Crippen molar-refractivity contribution in [2.75, 3.05) is 33.3 Å². The maximum Gasteiger partial charge on any atom is 0.331 e. The van der Waals surface area contributed by atoms with Gasteiger partial charge in [-0.15, -0.1) is 0 Å². The lowest BCUT2D eigenvalue weighted by molar-refractivity contribution is -0.153. The summed E-state index contributed by atoms with van der Waals surface area (Å²) >= 11 is 0. The van der Waals surface area contributed by atoms with Gasteiger partial charge in [-0.1, -0.05) is 72.8 Å². The predicted octanol–water partition coefficient (Wildman–Crippen LogP) is 3.76. The molecule has 2 amide bonds. The lowest BCUT2D eigenvalue weighted by Gasteiger charge is -2.41. The number of imidazole rings is 1. The second-order valence-electron chi connectivity index (χ2n) is 11.1. The standard InChI is InChI=1S/C34H39N5O4/c1-43-33(42)34(38-31(40)17-16-25-10-4-2-5-11-25)19-22-39(23-20-34)24-27(26-12-6-3-7-13-26)32(41)35-21-18-30-36-28-14-8-9-15-29(28)37-30/h2-15,27H,16-24H2,1H3,(H,35,41)(H,36,37)(H,38,40). The van der Waals surface area contributed by atoms with Gasteiger partial charge in [0.25, 0.3) is 0 Å². The molecule has 3 N–H and O–H groups in total. The lowest BCUT2D eigenvalue weighted by atomic mass is 9.86. The highest BCUT2D eigenvalue weighted by atomic mass is 16.5. The number of para-hydroxylation sites is 2. The van der Waals surface area contributed by atoms with Crippen molar-refractivity contribution in [1.82, 2.24) is 25.5 Å². The molecule has 43 heavy (non-hydrogen) atoms. The van der Waals surface area contributed by atoms with E-state index < -0.39 is 11.5 Å². The molecule has 0 saturated carbocycles. The third kappa shape index (κ3) is 7.67. The maximum atomic E-state index is 13.5. The van der Waals surface area contributed by atoms with E-state index in [0.717, 1.165) is 28.0 Å². The van der Waals surface area contributed by atoms with E-state index in [0.29, 0.717) is 51.9 Å². The monoisotopic (exact) mass is 581 g/mol. The van der Waals surface area contributed by atoms with Crippen LogP contribution in [0.4, 0.5) is 0 Å². The molecule has 1 aliphatic heterocycles. The molecule has 0 radical (unpaired) electrons. The molecule has 1 saturated heterocycles. The number of aryl methyl sites for hydroxylation is 1. The SMILES string of the molecule is COC(=O)C1(NC(=O)CCc2ccccc2)CCN(CC(C(=O)NCCc2nc3ccccc3[nH]2)c2ccccc2)CC1. The minimum Gasteiger partial charge on any atom is -0.467 e. The minimum atomic E-state index is -1.07. The van der Waals surface area contributed by atoms with Crippen LogP contribution in [-0.4, -0.2) is 71.5 Å². The Bertz CT molecular complexity index is 1480. The number of carbonyl (C=O) groups is 3. The van der Waals surface area contributed by atoms with E-state index in [1.54, 1.807) is 0 Å². The van der Waals surface area contributed by atoms with Crippen molar-refractivity contribution in [1.29, 1.82) is 0 Å². The van der Waals surface area contributed by atoms with Crippen molar-refractivity contribution in [3.63, 3.8) is 0 Å². The van der Waals surface area contributed by atoms with Gasteiger partial charge in [0.05, 0.1) is 24.1 Å². The highest BCUT2D eigenvalue weighted by Gasteiger charge is 2.44. The number of hydrogen-bond donors (Lipinski definition) is 3. The third-order valence-electron chi connectivity index (χ3n) is 8.21. The minimum absolute atomic E-state index is 0.0543. The van der Waals surface area contributed by atoms with Crippen molar-refractivity contribution in [3.8, 4) is 0 Å². The molecule has 1 aromatic heterocycles. The first-order valence-corrected chi connectivity index (χ1v) is 14.9. The molecule has 224 valence electrons. The number of nitrogens with zero attached hydrogens (tertiary/aromatic N) is 2. The van der Waals surface area contributed by atoms with Gasteiger partial charge in [0.1, 0.15) is 11.4 Å². The number of likely N-dealkylation sites (tertiary alicyclic amines) is 1. The van der Waals surface area contributed by atoms with Crippen molar-refractivity contribution in [2.24, 2.45) is 0 Å². The van der Waals surface area contributed by atoms with Gasteiger partial charge >= 0.3 is 5.97 Å². The van der Waals surface area contributed by atoms with Crippen molar-refractivity contribution < 1.29 is 19.1 Å². The summed E-state index contributed by atoms with van der Waals surface area (Å²) < 4.78 is 5.14. The van der Waals surface area contributed by atoms with Crippen LogP contribution in [0.5, 0.6) is 0 Å². The summed E-state index contributed by atoms with van der Waals surface area (Å²) in [6.45, 7) is 2.05. The van der Waals surface area contributed by atoms with E-state index in [4.69, 9.17) is 4.74 Å². The molecule has 2 heterocycles. The third-order valence-corrected chi connectivity index (χ3v) is 8.21. The number of aromatic amines is 1. The van der Waals surface area contributed by atoms with Gasteiger partial charge in [-0.05, 0) is 42.5 Å². The number of benzene rings is 3. The summed E-state index contributed by atoms with van der Waals surface area (Å²) in [7, 11) is 1.35. The van der Waals surface area contributed by atoms with Crippen LogP contribution in [0.15, 0.2) is 84.9 Å². The maximum absolute atomic E-state index is 13.5. The molecule has 9 nitrogen and oxygen atoms in total. The largest absolute Gasteiger partial charge is 0.467 e. The van der Waals surface area contributed by atoms with Gasteiger partial charge < -0.3 is 25.3 Å². The molecular formula is C34H39N5O4. The number of hydrogen-bond acceptors (Lipinski definition) is 6. The van der Waals surface area contributed by atoms with Crippen LogP contribution in [0, 0.1) is 0 Å². The Labute approximate surface area is 252 Å². The van der Waals surface area contributed by atoms with Crippen LogP contribution >= 0.6 is 0 Å². The van der Waals surface area contributed by atoms with Crippen LogP contribution in [-0.2, 0) is 32.0 Å². The molecule has 5 rings (SSSR count). The van der Waals surface area contributed by atoms with Crippen molar-refractivity contribution >= 4 is 28.8 Å². The van der Waals surface area contributed by atoms with Gasteiger partial charge in [0.2, 0.25) is 11.8 Å². The Morgan fingerprint density at radius 3 is 2.30 bits per heavy atom. The number of rotatable bonds is 12. The van der Waals surface area contributed by atoms with Gasteiger partial charge in [-0.25, -0.2) is 9.78 Å². The van der Waals surface area contributed by atoms with Gasteiger partial charge in [0.15, 0.2) is 0 Å². The predicted molar refractivity (Wildman–Crippen MR) is 165 cm³/mol. The number of carbonyl (C=O) groups excluding carboxylic acids is 3. The van der Waals surface area contributed by atoms with Gasteiger partial charge in [-0.2, -0.15) is 0 Å². The topological polar surface area (TPSA) is 116 Å². The highest BCUT2D eigenvalue weighted by molar-refractivity contribution is 5.88. The van der Waals surface area contributed by atoms with Crippen LogP contribution in [0.2, 0.25) is 0 Å². The summed E-state index contributed by atoms with van der Waals surface area (Å²) in [6, 6.07) is 27.4. The zero-order chi connectivity index (χ0) is 30.1. The molecule has 1 unspecified atom stereocenters. The highest BCUT2D eigenvalue weighted by Crippen LogP contribution is 2.27. The normalized spacial score (nSPS) is 15.5. The van der Waals surface area contributed by atoms with Gasteiger partial charge in [-0.3, -0.25) is 9.59 Å². The molecule has 4 aromatic rings. The zero-order valence-corrected chi connectivity index (χ0v) is 24.6. The Hall–Kier alpha value is -4.50. The smallest absolute Gasteiger partial charge is 0.331 e. The van der Waals surface area contributed by atoms with Crippen LogP contribution in [0.25, 0.3) is 11.0 Å². The van der Waals surface area contributed by atoms with Crippen LogP contribution in [0.3, 0.4) is 0 Å². The number of ether oxygens (including phenoxy) is 1. The fourth-order valence-electron chi connectivity index (χ4n) is 5.76. The number of methoxy groups -OCH3 is 1. The summed E-state index contributed by atoms with van der Waals surface area (Å²) in [4.78, 5) is 49.4. The molecule has 1 fully saturated rings. The number of amides is 2. The quantitative estimate of drug-likeness (QED) is 0.220. The number of nitrogens with one attached hydrogen (secondary N) is 3. The molecule has 1 aliphatic rings.